The van der Waals surface area contributed by atoms with Crippen LogP contribution in [0.25, 0.3) is 0 Å². The first-order valence-corrected chi connectivity index (χ1v) is 6.05. The summed E-state index contributed by atoms with van der Waals surface area (Å²) in [6, 6.07) is 0. The molecule has 0 bridgehead atoms. The second-order valence-corrected chi connectivity index (χ2v) is 4.39. The van der Waals surface area contributed by atoms with Crippen molar-refractivity contribution in [2.45, 2.75) is 31.0 Å². The van der Waals surface area contributed by atoms with Gasteiger partial charge in [-0.05, 0) is 5.57 Å². The van der Waals surface area contributed by atoms with Crippen LogP contribution in [0.1, 0.15) is 6.92 Å². The fourth-order valence-corrected chi connectivity index (χ4v) is 2.66. The quantitative estimate of drug-likeness (QED) is 0.568. The first-order chi connectivity index (χ1) is 9.09. The van der Waals surface area contributed by atoms with Crippen LogP contribution >= 0.6 is 0 Å². The van der Waals surface area contributed by atoms with Gasteiger partial charge in [0.25, 0.3) is 0 Å². The number of hydrogen-bond donors (Lipinski definition) is 0. The number of hydrogen-bond acceptors (Lipinski definition) is 5. The summed E-state index contributed by atoms with van der Waals surface area (Å²) < 4.78 is 22.2. The van der Waals surface area contributed by atoms with E-state index in [0.29, 0.717) is 6.61 Å². The molecule has 0 aromatic carbocycles. The number of ether oxygens (including phenoxy) is 4. The molecule has 0 unspecified atom stereocenters. The van der Waals surface area contributed by atoms with E-state index in [1.54, 1.807) is 12.2 Å². The Balaban J connectivity index is 2.44. The van der Waals surface area contributed by atoms with E-state index in [1.807, 2.05) is 6.08 Å². The van der Waals surface area contributed by atoms with Crippen molar-refractivity contribution in [3.63, 3.8) is 0 Å². The smallest absolute Gasteiger partial charge is 0.303 e. The average Bonchev–Trinajstić information content (AvgIpc) is 2.93. The predicted octanol–water partition coefficient (Wildman–Crippen LogP) is 1.36. The van der Waals surface area contributed by atoms with Crippen molar-refractivity contribution in [1.29, 1.82) is 0 Å². The van der Waals surface area contributed by atoms with Crippen LogP contribution in [0.5, 0.6) is 0 Å². The molecule has 0 N–H and O–H groups in total. The number of carbonyl (C=O) groups is 1. The molecule has 0 aliphatic carbocycles. The van der Waals surface area contributed by atoms with Crippen molar-refractivity contribution < 1.29 is 23.7 Å². The Bertz CT molecular complexity index is 428. The molecule has 19 heavy (non-hydrogen) atoms. The summed E-state index contributed by atoms with van der Waals surface area (Å²) in [4.78, 5) is 11.3. The lowest BCUT2D eigenvalue weighted by atomic mass is 9.85. The van der Waals surface area contributed by atoms with Gasteiger partial charge in [0.15, 0.2) is 18.0 Å². The first-order valence-electron chi connectivity index (χ1n) is 6.05. The Kier molecular flexibility index (Phi) is 3.89. The molecule has 0 saturated carbocycles. The second-order valence-electron chi connectivity index (χ2n) is 4.39. The Morgan fingerprint density at radius 1 is 1.58 bits per heavy atom. The Morgan fingerprint density at radius 3 is 2.84 bits per heavy atom. The van der Waals surface area contributed by atoms with E-state index in [0.717, 1.165) is 5.57 Å². The SMILES string of the molecule is C=CC1=CCO[C@@]12[C@@H](C=C)O[C@@H](OC)[C@@H]2OC(C)=O. The third-order valence-corrected chi connectivity index (χ3v) is 3.41. The zero-order valence-corrected chi connectivity index (χ0v) is 11.1. The Labute approximate surface area is 112 Å². The fourth-order valence-electron chi connectivity index (χ4n) is 2.66. The van der Waals surface area contributed by atoms with Crippen molar-refractivity contribution in [2.24, 2.45) is 0 Å². The monoisotopic (exact) mass is 266 g/mol. The highest BCUT2D eigenvalue weighted by atomic mass is 16.7. The average molecular weight is 266 g/mol. The van der Waals surface area contributed by atoms with Gasteiger partial charge in [-0.3, -0.25) is 4.79 Å². The van der Waals surface area contributed by atoms with Gasteiger partial charge in [-0.25, -0.2) is 0 Å². The van der Waals surface area contributed by atoms with Gasteiger partial charge < -0.3 is 18.9 Å². The maximum Gasteiger partial charge on any atom is 0.303 e. The van der Waals surface area contributed by atoms with Gasteiger partial charge in [0.1, 0.15) is 6.10 Å². The summed E-state index contributed by atoms with van der Waals surface area (Å²) in [5, 5.41) is 0. The molecular formula is C14H18O5. The number of carbonyl (C=O) groups excluding carboxylic acids is 1. The van der Waals surface area contributed by atoms with Gasteiger partial charge in [-0.15, -0.1) is 6.58 Å². The molecule has 2 heterocycles. The predicted molar refractivity (Wildman–Crippen MR) is 68.4 cm³/mol. The zero-order valence-electron chi connectivity index (χ0n) is 11.1. The summed E-state index contributed by atoms with van der Waals surface area (Å²) >= 11 is 0. The van der Waals surface area contributed by atoms with Crippen LogP contribution in [0.2, 0.25) is 0 Å². The van der Waals surface area contributed by atoms with Crippen LogP contribution in [-0.4, -0.2) is 43.8 Å². The van der Waals surface area contributed by atoms with Gasteiger partial charge in [0.05, 0.1) is 6.61 Å². The molecule has 1 spiro atoms. The lowest BCUT2D eigenvalue weighted by Gasteiger charge is -2.34. The van der Waals surface area contributed by atoms with E-state index < -0.39 is 30.1 Å². The van der Waals surface area contributed by atoms with Gasteiger partial charge >= 0.3 is 5.97 Å². The minimum atomic E-state index is -0.921. The molecule has 2 aliphatic heterocycles. The van der Waals surface area contributed by atoms with E-state index in [4.69, 9.17) is 18.9 Å². The van der Waals surface area contributed by atoms with Crippen molar-refractivity contribution in [3.05, 3.63) is 37.0 Å². The summed E-state index contributed by atoms with van der Waals surface area (Å²) in [5.74, 6) is -0.418. The normalized spacial score (nSPS) is 37.2. The third-order valence-electron chi connectivity index (χ3n) is 3.41. The maximum absolute atomic E-state index is 11.3. The standard InChI is InChI=1S/C14H18O5/c1-5-10-7-8-17-14(10)11(6-2)19-13(16-4)12(14)18-9(3)15/h5-7,11-13H,1-2,8H2,3-4H3/t11-,12+,13-,14-/m1/s1. The van der Waals surface area contributed by atoms with Crippen LogP contribution in [0.4, 0.5) is 0 Å². The molecule has 104 valence electrons. The molecule has 5 nitrogen and oxygen atoms in total. The minimum Gasteiger partial charge on any atom is -0.453 e. The molecule has 0 aromatic heterocycles. The fraction of sp³-hybridized carbons (Fsp3) is 0.500. The van der Waals surface area contributed by atoms with Crippen LogP contribution in [-0.2, 0) is 23.7 Å². The van der Waals surface area contributed by atoms with Crippen LogP contribution < -0.4 is 0 Å². The summed E-state index contributed by atoms with van der Waals surface area (Å²) in [7, 11) is 1.49. The number of esters is 1. The molecule has 5 heteroatoms. The van der Waals surface area contributed by atoms with Crippen molar-refractivity contribution in [1.82, 2.24) is 0 Å². The number of methoxy groups -OCH3 is 1. The van der Waals surface area contributed by atoms with Gasteiger partial charge in [0, 0.05) is 14.0 Å². The Morgan fingerprint density at radius 2 is 2.32 bits per heavy atom. The summed E-state index contributed by atoms with van der Waals surface area (Å²) in [6.45, 7) is 9.27. The first kappa shape index (κ1) is 14.0. The highest BCUT2D eigenvalue weighted by molar-refractivity contribution is 5.66. The molecule has 2 rings (SSSR count). The van der Waals surface area contributed by atoms with E-state index in [-0.39, 0.29) is 0 Å². The lowest BCUT2D eigenvalue weighted by Crippen LogP contribution is -2.51. The van der Waals surface area contributed by atoms with E-state index in [2.05, 4.69) is 13.2 Å². The highest BCUT2D eigenvalue weighted by Gasteiger charge is 2.62. The molecule has 0 amide bonds. The summed E-state index contributed by atoms with van der Waals surface area (Å²) in [6.07, 6.45) is 3.34. The minimum absolute atomic E-state index is 0.406. The van der Waals surface area contributed by atoms with Crippen molar-refractivity contribution in [3.8, 4) is 0 Å². The summed E-state index contributed by atoms with van der Waals surface area (Å²) in [5.41, 5.74) is -0.0984. The van der Waals surface area contributed by atoms with E-state index in [9.17, 15) is 4.79 Å². The van der Waals surface area contributed by atoms with E-state index in [1.165, 1.54) is 14.0 Å². The van der Waals surface area contributed by atoms with Crippen molar-refractivity contribution >= 4 is 5.97 Å². The topological polar surface area (TPSA) is 54.0 Å². The molecular weight excluding hydrogens is 248 g/mol. The molecule has 1 fully saturated rings. The third kappa shape index (κ3) is 2.04. The van der Waals surface area contributed by atoms with Crippen LogP contribution in [0, 0.1) is 0 Å². The second kappa shape index (κ2) is 5.28. The Hall–Kier alpha value is -1.43. The van der Waals surface area contributed by atoms with Gasteiger partial charge in [-0.1, -0.05) is 24.8 Å². The van der Waals surface area contributed by atoms with Gasteiger partial charge in [0.2, 0.25) is 0 Å². The molecule has 1 saturated heterocycles. The maximum atomic E-state index is 11.3. The van der Waals surface area contributed by atoms with E-state index >= 15 is 0 Å². The lowest BCUT2D eigenvalue weighted by molar-refractivity contribution is -0.181. The molecule has 4 atom stereocenters. The van der Waals surface area contributed by atoms with Crippen LogP contribution in [0.3, 0.4) is 0 Å². The molecule has 0 radical (unpaired) electrons. The largest absolute Gasteiger partial charge is 0.453 e. The number of rotatable bonds is 4. The zero-order chi connectivity index (χ0) is 14.0. The molecule has 2 aliphatic rings. The highest BCUT2D eigenvalue weighted by Crippen LogP contribution is 2.45. The van der Waals surface area contributed by atoms with Crippen molar-refractivity contribution in [2.75, 3.05) is 13.7 Å². The van der Waals surface area contributed by atoms with Gasteiger partial charge in [-0.2, -0.15) is 0 Å². The van der Waals surface area contributed by atoms with Crippen LogP contribution in [0.15, 0.2) is 37.0 Å². The molecule has 0 aromatic rings.